The van der Waals surface area contributed by atoms with E-state index in [1.807, 2.05) is 0 Å². The Hall–Kier alpha value is -0.405. The number of hydrogen-bond donors (Lipinski definition) is 0. The van der Waals surface area contributed by atoms with E-state index >= 15 is 0 Å². The van der Waals surface area contributed by atoms with Gasteiger partial charge in [-0.05, 0) is 18.8 Å². The molecule has 0 atom stereocenters. The lowest BCUT2D eigenvalue weighted by Crippen LogP contribution is -2.09. The predicted molar refractivity (Wildman–Crippen MR) is 30.9 cm³/mol. The SMILES string of the molecule is F[B-](F)(F)C=CC1CC1. The van der Waals surface area contributed by atoms with Crippen molar-refractivity contribution in [3.05, 3.63) is 12.1 Å². The Morgan fingerprint density at radius 2 is 1.78 bits per heavy atom. The third-order valence-electron chi connectivity index (χ3n) is 1.22. The second-order valence-electron chi connectivity index (χ2n) is 2.35. The zero-order valence-electron chi connectivity index (χ0n) is 4.86. The van der Waals surface area contributed by atoms with Crippen molar-refractivity contribution in [3.8, 4) is 0 Å². The van der Waals surface area contributed by atoms with Crippen molar-refractivity contribution >= 4 is 6.98 Å². The fraction of sp³-hybridized carbons (Fsp3) is 0.600. The summed E-state index contributed by atoms with van der Waals surface area (Å²) in [7, 11) is 0. The van der Waals surface area contributed by atoms with Gasteiger partial charge in [0.15, 0.2) is 0 Å². The van der Waals surface area contributed by atoms with Gasteiger partial charge in [0.05, 0.1) is 0 Å². The summed E-state index contributed by atoms with van der Waals surface area (Å²) in [4.78, 5) is 0. The maximum absolute atomic E-state index is 11.4. The number of halogens is 3. The Labute approximate surface area is 51.8 Å². The Bertz CT molecular complexity index is 123. The zero-order chi connectivity index (χ0) is 6.91. The maximum Gasteiger partial charge on any atom is 0.502 e. The molecule has 1 rings (SSSR count). The van der Waals surface area contributed by atoms with E-state index in [0.29, 0.717) is 5.98 Å². The molecule has 0 bridgehead atoms. The molecule has 0 unspecified atom stereocenters. The summed E-state index contributed by atoms with van der Waals surface area (Å²) in [5, 5.41) is 0. The monoisotopic (exact) mass is 135 g/mol. The minimum Gasteiger partial charge on any atom is -0.445 e. The van der Waals surface area contributed by atoms with Gasteiger partial charge in [-0.1, -0.05) is 0 Å². The molecule has 0 amide bonds. The summed E-state index contributed by atoms with van der Waals surface area (Å²) >= 11 is 0. The van der Waals surface area contributed by atoms with Crippen molar-refractivity contribution in [1.29, 1.82) is 0 Å². The van der Waals surface area contributed by atoms with Crippen LogP contribution in [0.3, 0.4) is 0 Å². The molecule has 1 fully saturated rings. The molecule has 4 heteroatoms. The van der Waals surface area contributed by atoms with Crippen LogP contribution < -0.4 is 0 Å². The summed E-state index contributed by atoms with van der Waals surface area (Å²) in [6.45, 7) is -4.67. The summed E-state index contributed by atoms with van der Waals surface area (Å²) in [5.41, 5.74) is 0. The zero-order valence-corrected chi connectivity index (χ0v) is 4.86. The van der Waals surface area contributed by atoms with E-state index in [-0.39, 0.29) is 5.92 Å². The van der Waals surface area contributed by atoms with Crippen LogP contribution in [0.2, 0.25) is 0 Å². The summed E-state index contributed by atoms with van der Waals surface area (Å²) < 4.78 is 34.3. The van der Waals surface area contributed by atoms with E-state index in [4.69, 9.17) is 0 Å². The predicted octanol–water partition coefficient (Wildman–Crippen LogP) is 2.34. The highest BCUT2D eigenvalue weighted by Gasteiger charge is 2.22. The molecule has 1 aliphatic carbocycles. The number of hydrogen-bond acceptors (Lipinski definition) is 0. The quantitative estimate of drug-likeness (QED) is 0.509. The lowest BCUT2D eigenvalue weighted by Gasteiger charge is -2.05. The van der Waals surface area contributed by atoms with Crippen LogP contribution in [-0.4, -0.2) is 6.98 Å². The third kappa shape index (κ3) is 3.22. The van der Waals surface area contributed by atoms with Crippen molar-refractivity contribution < 1.29 is 12.9 Å². The van der Waals surface area contributed by atoms with Crippen molar-refractivity contribution in [2.75, 3.05) is 0 Å². The van der Waals surface area contributed by atoms with Crippen LogP contribution in [0.25, 0.3) is 0 Å². The van der Waals surface area contributed by atoms with E-state index in [0.717, 1.165) is 12.8 Å². The highest BCUT2D eigenvalue weighted by molar-refractivity contribution is 6.64. The van der Waals surface area contributed by atoms with Gasteiger partial charge < -0.3 is 12.9 Å². The average Bonchev–Trinajstić information content (AvgIpc) is 2.38. The van der Waals surface area contributed by atoms with Gasteiger partial charge >= 0.3 is 6.98 Å². The van der Waals surface area contributed by atoms with E-state index < -0.39 is 6.98 Å². The first-order chi connectivity index (χ1) is 4.08. The van der Waals surface area contributed by atoms with Crippen LogP contribution in [0, 0.1) is 5.92 Å². The average molecular weight is 135 g/mol. The molecule has 0 spiro atoms. The number of allylic oxidation sites excluding steroid dienone is 1. The van der Waals surface area contributed by atoms with Crippen molar-refractivity contribution in [2.45, 2.75) is 12.8 Å². The van der Waals surface area contributed by atoms with Crippen LogP contribution in [0.4, 0.5) is 12.9 Å². The summed E-state index contributed by atoms with van der Waals surface area (Å²) in [6, 6.07) is 0. The first-order valence-corrected chi connectivity index (χ1v) is 2.97. The molecule has 52 valence electrons. The van der Waals surface area contributed by atoms with Gasteiger partial charge in [-0.15, -0.1) is 12.1 Å². The lowest BCUT2D eigenvalue weighted by molar-refractivity contribution is 0.498. The molecule has 0 radical (unpaired) electrons. The Morgan fingerprint density at radius 3 is 2.11 bits per heavy atom. The van der Waals surface area contributed by atoms with Crippen molar-refractivity contribution in [1.82, 2.24) is 0 Å². The Balaban J connectivity index is 2.29. The van der Waals surface area contributed by atoms with Gasteiger partial charge in [-0.2, -0.15) is 0 Å². The smallest absolute Gasteiger partial charge is 0.445 e. The van der Waals surface area contributed by atoms with Crippen LogP contribution in [0.15, 0.2) is 12.1 Å². The Kier molecular flexibility index (Phi) is 1.55. The largest absolute Gasteiger partial charge is 0.502 e. The molecule has 0 aliphatic heterocycles. The van der Waals surface area contributed by atoms with Gasteiger partial charge in [0, 0.05) is 0 Å². The normalized spacial score (nSPS) is 21.2. The molecular formula is C5H7BF3-. The van der Waals surface area contributed by atoms with Gasteiger partial charge in [-0.25, -0.2) is 0 Å². The van der Waals surface area contributed by atoms with E-state index in [1.165, 1.54) is 6.08 Å². The van der Waals surface area contributed by atoms with Gasteiger partial charge in [0.1, 0.15) is 0 Å². The first-order valence-electron chi connectivity index (χ1n) is 2.97. The maximum atomic E-state index is 11.4. The van der Waals surface area contributed by atoms with Crippen LogP contribution in [0.1, 0.15) is 12.8 Å². The molecular weight excluding hydrogens is 128 g/mol. The molecule has 0 saturated heterocycles. The van der Waals surface area contributed by atoms with Gasteiger partial charge in [-0.3, -0.25) is 0 Å². The molecule has 0 N–H and O–H groups in total. The highest BCUT2D eigenvalue weighted by Crippen LogP contribution is 2.31. The van der Waals surface area contributed by atoms with Crippen LogP contribution >= 0.6 is 0 Å². The highest BCUT2D eigenvalue weighted by atomic mass is 19.4. The molecule has 1 aliphatic rings. The van der Waals surface area contributed by atoms with Gasteiger partial charge in [0.2, 0.25) is 0 Å². The van der Waals surface area contributed by atoms with Crippen molar-refractivity contribution in [2.24, 2.45) is 5.92 Å². The fourth-order valence-electron chi connectivity index (χ4n) is 0.572. The minimum absolute atomic E-state index is 0.230. The molecule has 0 aromatic heterocycles. The fourth-order valence-corrected chi connectivity index (χ4v) is 0.572. The van der Waals surface area contributed by atoms with Crippen LogP contribution in [-0.2, 0) is 0 Å². The first kappa shape index (κ1) is 6.71. The third-order valence-corrected chi connectivity index (χ3v) is 1.22. The number of rotatable bonds is 2. The Morgan fingerprint density at radius 1 is 1.22 bits per heavy atom. The van der Waals surface area contributed by atoms with E-state index in [1.54, 1.807) is 0 Å². The molecule has 1 saturated carbocycles. The van der Waals surface area contributed by atoms with Crippen molar-refractivity contribution in [3.63, 3.8) is 0 Å². The topological polar surface area (TPSA) is 0 Å². The minimum atomic E-state index is -4.67. The summed E-state index contributed by atoms with van der Waals surface area (Å²) in [5.74, 6) is 0.617. The molecule has 0 nitrogen and oxygen atoms in total. The lowest BCUT2D eigenvalue weighted by atomic mass is 9.91. The standard InChI is InChI=1S/C5H7BF3/c7-6(8,9)4-3-5-1-2-5/h3-5H,1-2H2/q-1. The van der Waals surface area contributed by atoms with Crippen LogP contribution in [0.5, 0.6) is 0 Å². The summed E-state index contributed by atoms with van der Waals surface area (Å²) in [6.07, 6.45) is 3.13. The second kappa shape index (κ2) is 2.08. The molecule has 9 heavy (non-hydrogen) atoms. The molecule has 0 aromatic carbocycles. The second-order valence-corrected chi connectivity index (χ2v) is 2.35. The van der Waals surface area contributed by atoms with Gasteiger partial charge in [0.25, 0.3) is 0 Å². The molecule has 0 aromatic rings. The van der Waals surface area contributed by atoms with E-state index in [9.17, 15) is 12.9 Å². The van der Waals surface area contributed by atoms with E-state index in [2.05, 4.69) is 0 Å². The molecule has 0 heterocycles.